The lowest BCUT2D eigenvalue weighted by Crippen LogP contribution is -2.23. The SMILES string of the molecule is CC(c1cccc(N)c1)N(C)c1ncncc1Cl. The Morgan fingerprint density at radius 1 is 1.39 bits per heavy atom. The van der Waals surface area contributed by atoms with E-state index in [0.29, 0.717) is 10.8 Å². The molecule has 0 radical (unpaired) electrons. The standard InChI is InChI=1S/C13H15ClN4/c1-9(10-4-3-5-11(15)6-10)18(2)13-12(14)7-16-8-17-13/h3-9H,15H2,1-2H3. The van der Waals surface area contributed by atoms with E-state index in [1.807, 2.05) is 36.2 Å². The molecule has 1 aromatic heterocycles. The lowest BCUT2D eigenvalue weighted by molar-refractivity contribution is 0.727. The van der Waals surface area contributed by atoms with Crippen LogP contribution in [0, 0.1) is 0 Å². The van der Waals surface area contributed by atoms with Crippen molar-refractivity contribution in [1.29, 1.82) is 0 Å². The number of nitrogens with two attached hydrogens (primary N) is 1. The fourth-order valence-corrected chi connectivity index (χ4v) is 2.03. The molecule has 0 aliphatic carbocycles. The van der Waals surface area contributed by atoms with Gasteiger partial charge in [0.1, 0.15) is 11.3 Å². The van der Waals surface area contributed by atoms with Crippen molar-refractivity contribution in [1.82, 2.24) is 9.97 Å². The van der Waals surface area contributed by atoms with Crippen molar-refractivity contribution in [3.63, 3.8) is 0 Å². The highest BCUT2D eigenvalue weighted by molar-refractivity contribution is 6.32. The zero-order chi connectivity index (χ0) is 13.1. The van der Waals surface area contributed by atoms with Crippen LogP contribution in [-0.2, 0) is 0 Å². The lowest BCUT2D eigenvalue weighted by atomic mass is 10.1. The average Bonchev–Trinajstić information content (AvgIpc) is 2.37. The van der Waals surface area contributed by atoms with Crippen molar-refractivity contribution in [2.75, 3.05) is 17.7 Å². The van der Waals surface area contributed by atoms with E-state index in [1.54, 1.807) is 6.20 Å². The van der Waals surface area contributed by atoms with Gasteiger partial charge in [0, 0.05) is 12.7 Å². The molecule has 0 amide bonds. The molecule has 0 bridgehead atoms. The molecule has 1 aromatic carbocycles. The highest BCUT2D eigenvalue weighted by atomic mass is 35.5. The topological polar surface area (TPSA) is 55.0 Å². The zero-order valence-corrected chi connectivity index (χ0v) is 11.1. The van der Waals surface area contributed by atoms with Gasteiger partial charge in [0.05, 0.1) is 12.2 Å². The Kier molecular flexibility index (Phi) is 3.67. The van der Waals surface area contributed by atoms with E-state index >= 15 is 0 Å². The number of hydrogen-bond acceptors (Lipinski definition) is 4. The maximum atomic E-state index is 6.09. The molecule has 0 spiro atoms. The Hall–Kier alpha value is -1.81. The number of halogens is 1. The van der Waals surface area contributed by atoms with Crippen LogP contribution >= 0.6 is 11.6 Å². The van der Waals surface area contributed by atoms with Gasteiger partial charge < -0.3 is 10.6 Å². The van der Waals surface area contributed by atoms with Gasteiger partial charge in [0.25, 0.3) is 0 Å². The summed E-state index contributed by atoms with van der Waals surface area (Å²) in [6, 6.07) is 7.92. The first-order valence-electron chi connectivity index (χ1n) is 5.63. The maximum Gasteiger partial charge on any atom is 0.151 e. The molecule has 1 unspecified atom stereocenters. The van der Waals surface area contributed by atoms with Gasteiger partial charge in [-0.15, -0.1) is 0 Å². The minimum absolute atomic E-state index is 0.126. The molecule has 0 fully saturated rings. The Labute approximate surface area is 111 Å². The van der Waals surface area contributed by atoms with Crippen molar-refractivity contribution in [2.45, 2.75) is 13.0 Å². The number of nitrogens with zero attached hydrogens (tertiary/aromatic N) is 3. The number of aromatic nitrogens is 2. The molecule has 5 heteroatoms. The summed E-state index contributed by atoms with van der Waals surface area (Å²) in [6.45, 7) is 2.08. The second kappa shape index (κ2) is 5.23. The summed E-state index contributed by atoms with van der Waals surface area (Å²) in [5, 5.41) is 0.538. The molecule has 4 nitrogen and oxygen atoms in total. The van der Waals surface area contributed by atoms with Crippen molar-refractivity contribution in [3.8, 4) is 0 Å². The fourth-order valence-electron chi connectivity index (χ4n) is 1.79. The number of nitrogen functional groups attached to an aromatic ring is 1. The molecule has 0 saturated carbocycles. The molecule has 2 rings (SSSR count). The zero-order valence-electron chi connectivity index (χ0n) is 10.3. The van der Waals surface area contributed by atoms with Crippen molar-refractivity contribution >= 4 is 23.1 Å². The molecule has 2 aromatic rings. The quantitative estimate of drug-likeness (QED) is 0.864. The second-order valence-corrected chi connectivity index (χ2v) is 4.56. The number of anilines is 2. The highest BCUT2D eigenvalue weighted by Crippen LogP contribution is 2.28. The summed E-state index contributed by atoms with van der Waals surface area (Å²) in [6.07, 6.45) is 3.08. The second-order valence-electron chi connectivity index (χ2n) is 4.15. The van der Waals surface area contributed by atoms with E-state index in [2.05, 4.69) is 16.9 Å². The van der Waals surface area contributed by atoms with E-state index in [0.717, 1.165) is 11.3 Å². The lowest BCUT2D eigenvalue weighted by Gasteiger charge is -2.27. The number of benzene rings is 1. The van der Waals surface area contributed by atoms with Crippen LogP contribution in [0.15, 0.2) is 36.8 Å². The third-order valence-corrected chi connectivity index (χ3v) is 3.22. The van der Waals surface area contributed by atoms with Crippen LogP contribution in [0.2, 0.25) is 5.02 Å². The van der Waals surface area contributed by atoms with Gasteiger partial charge in [0.15, 0.2) is 5.82 Å². The maximum absolute atomic E-state index is 6.09. The minimum atomic E-state index is 0.126. The third kappa shape index (κ3) is 2.54. The molecule has 0 aliphatic heterocycles. The molecule has 0 aliphatic rings. The minimum Gasteiger partial charge on any atom is -0.399 e. The molecule has 1 heterocycles. The first-order chi connectivity index (χ1) is 8.59. The van der Waals surface area contributed by atoms with Crippen LogP contribution in [-0.4, -0.2) is 17.0 Å². The summed E-state index contributed by atoms with van der Waals surface area (Å²) in [5.41, 5.74) is 7.66. The molecular weight excluding hydrogens is 248 g/mol. The van der Waals surface area contributed by atoms with Gasteiger partial charge >= 0.3 is 0 Å². The Morgan fingerprint density at radius 2 is 2.17 bits per heavy atom. The fraction of sp³-hybridized carbons (Fsp3) is 0.231. The molecule has 1 atom stereocenters. The third-order valence-electron chi connectivity index (χ3n) is 2.96. The molecule has 0 saturated heterocycles. The molecule has 2 N–H and O–H groups in total. The number of hydrogen-bond donors (Lipinski definition) is 1. The van der Waals surface area contributed by atoms with E-state index in [9.17, 15) is 0 Å². The van der Waals surface area contributed by atoms with Gasteiger partial charge in [-0.2, -0.15) is 0 Å². The molecule has 94 valence electrons. The Bertz CT molecular complexity index is 544. The van der Waals surface area contributed by atoms with Crippen molar-refractivity contribution < 1.29 is 0 Å². The van der Waals surface area contributed by atoms with E-state index < -0.39 is 0 Å². The van der Waals surface area contributed by atoms with Gasteiger partial charge in [-0.25, -0.2) is 9.97 Å². The Morgan fingerprint density at radius 3 is 2.83 bits per heavy atom. The summed E-state index contributed by atoms with van der Waals surface area (Å²) in [7, 11) is 1.95. The Balaban J connectivity index is 2.29. The van der Waals surface area contributed by atoms with Crippen LogP contribution < -0.4 is 10.6 Å². The van der Waals surface area contributed by atoms with Gasteiger partial charge in [-0.3, -0.25) is 0 Å². The van der Waals surface area contributed by atoms with E-state index in [4.69, 9.17) is 17.3 Å². The predicted molar refractivity (Wildman–Crippen MR) is 74.7 cm³/mol. The van der Waals surface area contributed by atoms with Gasteiger partial charge in [-0.05, 0) is 24.6 Å². The van der Waals surface area contributed by atoms with Crippen LogP contribution in [0.3, 0.4) is 0 Å². The van der Waals surface area contributed by atoms with Crippen LogP contribution in [0.1, 0.15) is 18.5 Å². The predicted octanol–water partition coefficient (Wildman–Crippen LogP) is 2.91. The molecule has 18 heavy (non-hydrogen) atoms. The van der Waals surface area contributed by atoms with Crippen LogP contribution in [0.25, 0.3) is 0 Å². The van der Waals surface area contributed by atoms with E-state index in [-0.39, 0.29) is 6.04 Å². The summed E-state index contributed by atoms with van der Waals surface area (Å²) in [5.74, 6) is 0.710. The van der Waals surface area contributed by atoms with Crippen molar-refractivity contribution in [3.05, 3.63) is 47.4 Å². The molecular formula is C13H15ClN4. The number of rotatable bonds is 3. The van der Waals surface area contributed by atoms with Crippen LogP contribution in [0.5, 0.6) is 0 Å². The van der Waals surface area contributed by atoms with Crippen LogP contribution in [0.4, 0.5) is 11.5 Å². The van der Waals surface area contributed by atoms with Crippen molar-refractivity contribution in [2.24, 2.45) is 0 Å². The normalized spacial score (nSPS) is 12.2. The van der Waals surface area contributed by atoms with Gasteiger partial charge in [-0.1, -0.05) is 23.7 Å². The average molecular weight is 263 g/mol. The highest BCUT2D eigenvalue weighted by Gasteiger charge is 2.16. The summed E-state index contributed by atoms with van der Waals surface area (Å²) in [4.78, 5) is 10.1. The first kappa shape index (κ1) is 12.6. The van der Waals surface area contributed by atoms with Gasteiger partial charge in [0.2, 0.25) is 0 Å². The smallest absolute Gasteiger partial charge is 0.151 e. The van der Waals surface area contributed by atoms with E-state index in [1.165, 1.54) is 6.33 Å². The monoisotopic (exact) mass is 262 g/mol. The summed E-state index contributed by atoms with van der Waals surface area (Å²) >= 11 is 6.09. The largest absolute Gasteiger partial charge is 0.399 e. The first-order valence-corrected chi connectivity index (χ1v) is 6.01. The summed E-state index contributed by atoms with van der Waals surface area (Å²) < 4.78 is 0.